The molecule has 0 saturated heterocycles. The van der Waals surface area contributed by atoms with Gasteiger partial charge in [-0.3, -0.25) is 0 Å². The van der Waals surface area contributed by atoms with Gasteiger partial charge < -0.3 is 0 Å². The van der Waals surface area contributed by atoms with Crippen molar-refractivity contribution in [3.05, 3.63) is 53.3 Å². The number of rotatable bonds is 1. The molecule has 0 amide bonds. The Balaban J connectivity index is 2.60. The first kappa shape index (κ1) is 9.70. The van der Waals surface area contributed by atoms with Gasteiger partial charge in [-0.25, -0.2) is 4.98 Å². The van der Waals surface area contributed by atoms with E-state index in [0.29, 0.717) is 10.7 Å². The molecule has 72 valence electrons. The molecule has 2 rings (SSSR count). The summed E-state index contributed by atoms with van der Waals surface area (Å²) < 4.78 is 0. The second-order valence-electron chi connectivity index (χ2n) is 3.02. The SMILES string of the molecule is N#Cc1ccccc1-c1ccnc(Cl)c1. The van der Waals surface area contributed by atoms with Gasteiger partial charge in [0, 0.05) is 6.20 Å². The Labute approximate surface area is 92.8 Å². The molecule has 0 fully saturated rings. The number of hydrogen-bond acceptors (Lipinski definition) is 2. The van der Waals surface area contributed by atoms with Gasteiger partial charge in [-0.2, -0.15) is 5.26 Å². The minimum atomic E-state index is 0.431. The molecular formula is C12H7ClN2. The van der Waals surface area contributed by atoms with Crippen LogP contribution in [0.25, 0.3) is 11.1 Å². The van der Waals surface area contributed by atoms with Crippen molar-refractivity contribution in [2.24, 2.45) is 0 Å². The number of benzene rings is 1. The van der Waals surface area contributed by atoms with E-state index in [0.717, 1.165) is 11.1 Å². The normalized spacial score (nSPS) is 9.60. The van der Waals surface area contributed by atoms with Crippen LogP contribution in [0.1, 0.15) is 5.56 Å². The van der Waals surface area contributed by atoms with Crippen LogP contribution in [0.2, 0.25) is 5.15 Å². The molecule has 0 spiro atoms. The fourth-order valence-corrected chi connectivity index (χ4v) is 1.58. The maximum atomic E-state index is 8.95. The van der Waals surface area contributed by atoms with Crippen LogP contribution in [0.5, 0.6) is 0 Å². The Kier molecular flexibility index (Phi) is 2.66. The molecule has 0 unspecified atom stereocenters. The van der Waals surface area contributed by atoms with Crippen molar-refractivity contribution in [1.82, 2.24) is 4.98 Å². The quantitative estimate of drug-likeness (QED) is 0.683. The standard InChI is InChI=1S/C12H7ClN2/c13-12-7-9(5-6-15-12)11-4-2-1-3-10(11)8-14/h1-7H. The Hall–Kier alpha value is -1.85. The second kappa shape index (κ2) is 4.12. The molecular weight excluding hydrogens is 208 g/mol. The van der Waals surface area contributed by atoms with Gasteiger partial charge in [0.2, 0.25) is 0 Å². The van der Waals surface area contributed by atoms with Gasteiger partial charge in [0.1, 0.15) is 5.15 Å². The van der Waals surface area contributed by atoms with E-state index in [4.69, 9.17) is 16.9 Å². The van der Waals surface area contributed by atoms with Crippen LogP contribution >= 0.6 is 11.6 Å². The van der Waals surface area contributed by atoms with E-state index in [-0.39, 0.29) is 0 Å². The monoisotopic (exact) mass is 214 g/mol. The van der Waals surface area contributed by atoms with Crippen LogP contribution in [0.15, 0.2) is 42.6 Å². The van der Waals surface area contributed by atoms with Gasteiger partial charge >= 0.3 is 0 Å². The van der Waals surface area contributed by atoms with Crippen molar-refractivity contribution >= 4 is 11.6 Å². The zero-order chi connectivity index (χ0) is 10.7. The molecule has 0 aliphatic rings. The number of halogens is 1. The first-order valence-corrected chi connectivity index (χ1v) is 4.80. The highest BCUT2D eigenvalue weighted by atomic mass is 35.5. The van der Waals surface area contributed by atoms with E-state index < -0.39 is 0 Å². The van der Waals surface area contributed by atoms with E-state index >= 15 is 0 Å². The molecule has 0 aliphatic carbocycles. The summed E-state index contributed by atoms with van der Waals surface area (Å²) in [7, 11) is 0. The summed E-state index contributed by atoms with van der Waals surface area (Å²) in [5.74, 6) is 0. The summed E-state index contributed by atoms with van der Waals surface area (Å²) in [5, 5.41) is 9.38. The van der Waals surface area contributed by atoms with Crippen LogP contribution in [0, 0.1) is 11.3 Å². The van der Waals surface area contributed by atoms with Gasteiger partial charge in [0.05, 0.1) is 11.6 Å². The Morgan fingerprint density at radius 2 is 2.00 bits per heavy atom. The maximum Gasteiger partial charge on any atom is 0.129 e. The average Bonchev–Trinajstić information content (AvgIpc) is 2.29. The van der Waals surface area contributed by atoms with Gasteiger partial charge in [-0.05, 0) is 29.3 Å². The number of nitrogens with zero attached hydrogens (tertiary/aromatic N) is 2. The molecule has 0 atom stereocenters. The molecule has 0 saturated carbocycles. The first-order chi connectivity index (χ1) is 7.31. The third kappa shape index (κ3) is 1.98. The highest BCUT2D eigenvalue weighted by Gasteiger charge is 2.03. The second-order valence-corrected chi connectivity index (χ2v) is 3.41. The van der Waals surface area contributed by atoms with E-state index in [1.807, 2.05) is 24.3 Å². The molecule has 3 heteroatoms. The lowest BCUT2D eigenvalue weighted by Gasteiger charge is -2.03. The lowest BCUT2D eigenvalue weighted by Crippen LogP contribution is -1.84. The third-order valence-corrected chi connectivity index (χ3v) is 2.29. The summed E-state index contributed by atoms with van der Waals surface area (Å²) >= 11 is 5.80. The minimum Gasteiger partial charge on any atom is -0.245 e. The van der Waals surface area contributed by atoms with Crippen LogP contribution in [-0.4, -0.2) is 4.98 Å². The average molecular weight is 215 g/mol. The van der Waals surface area contributed by atoms with Crippen molar-refractivity contribution in [3.8, 4) is 17.2 Å². The zero-order valence-corrected chi connectivity index (χ0v) is 8.57. The van der Waals surface area contributed by atoms with Crippen LogP contribution in [-0.2, 0) is 0 Å². The molecule has 1 aromatic heterocycles. The van der Waals surface area contributed by atoms with Gasteiger partial charge in [-0.1, -0.05) is 29.8 Å². The molecule has 2 nitrogen and oxygen atoms in total. The number of pyridine rings is 1. The molecule has 15 heavy (non-hydrogen) atoms. The first-order valence-electron chi connectivity index (χ1n) is 4.42. The highest BCUT2D eigenvalue weighted by molar-refractivity contribution is 6.29. The Morgan fingerprint density at radius 1 is 1.20 bits per heavy atom. The largest absolute Gasteiger partial charge is 0.245 e. The predicted octanol–water partition coefficient (Wildman–Crippen LogP) is 3.27. The van der Waals surface area contributed by atoms with Crippen LogP contribution in [0.4, 0.5) is 0 Å². The molecule has 0 aliphatic heterocycles. The molecule has 0 radical (unpaired) electrons. The van der Waals surface area contributed by atoms with Gasteiger partial charge in [0.25, 0.3) is 0 Å². The van der Waals surface area contributed by atoms with Crippen molar-refractivity contribution in [3.63, 3.8) is 0 Å². The van der Waals surface area contributed by atoms with Gasteiger partial charge in [-0.15, -0.1) is 0 Å². The maximum absolute atomic E-state index is 8.95. The van der Waals surface area contributed by atoms with Crippen LogP contribution < -0.4 is 0 Å². The van der Waals surface area contributed by atoms with E-state index in [1.54, 1.807) is 18.3 Å². The Morgan fingerprint density at radius 3 is 2.73 bits per heavy atom. The summed E-state index contributed by atoms with van der Waals surface area (Å²) in [4.78, 5) is 3.90. The summed E-state index contributed by atoms with van der Waals surface area (Å²) in [6, 6.07) is 13.1. The van der Waals surface area contributed by atoms with Crippen molar-refractivity contribution < 1.29 is 0 Å². The molecule has 2 aromatic rings. The summed E-state index contributed by atoms with van der Waals surface area (Å²) in [6.45, 7) is 0. The molecule has 1 heterocycles. The third-order valence-electron chi connectivity index (χ3n) is 2.09. The topological polar surface area (TPSA) is 36.7 Å². The van der Waals surface area contributed by atoms with Gasteiger partial charge in [0.15, 0.2) is 0 Å². The fraction of sp³-hybridized carbons (Fsp3) is 0. The van der Waals surface area contributed by atoms with Crippen LogP contribution in [0.3, 0.4) is 0 Å². The smallest absolute Gasteiger partial charge is 0.129 e. The molecule has 1 aromatic carbocycles. The van der Waals surface area contributed by atoms with Crippen molar-refractivity contribution in [2.75, 3.05) is 0 Å². The number of hydrogen-bond donors (Lipinski definition) is 0. The van der Waals surface area contributed by atoms with E-state index in [9.17, 15) is 0 Å². The molecule has 0 bridgehead atoms. The van der Waals surface area contributed by atoms with Crippen molar-refractivity contribution in [2.45, 2.75) is 0 Å². The van der Waals surface area contributed by atoms with E-state index in [1.165, 1.54) is 0 Å². The Bertz CT molecular complexity index is 529. The predicted molar refractivity (Wildman–Crippen MR) is 59.4 cm³/mol. The summed E-state index contributed by atoms with van der Waals surface area (Å²) in [5.41, 5.74) is 2.43. The number of nitriles is 1. The zero-order valence-electron chi connectivity index (χ0n) is 7.81. The lowest BCUT2D eigenvalue weighted by molar-refractivity contribution is 1.33. The van der Waals surface area contributed by atoms with E-state index in [2.05, 4.69) is 11.1 Å². The minimum absolute atomic E-state index is 0.431. The fourth-order valence-electron chi connectivity index (χ4n) is 1.40. The highest BCUT2D eigenvalue weighted by Crippen LogP contribution is 2.24. The summed E-state index contributed by atoms with van der Waals surface area (Å²) in [6.07, 6.45) is 1.63. The number of aromatic nitrogens is 1. The van der Waals surface area contributed by atoms with Crippen molar-refractivity contribution in [1.29, 1.82) is 5.26 Å². The molecule has 0 N–H and O–H groups in total. The lowest BCUT2D eigenvalue weighted by atomic mass is 10.0.